The number of esters is 1. The van der Waals surface area contributed by atoms with E-state index in [-0.39, 0.29) is 84.7 Å². The summed E-state index contributed by atoms with van der Waals surface area (Å²) in [5, 5.41) is 30.5. The number of nitrogens with one attached hydrogen (secondary N) is 3. The Bertz CT molecular complexity index is 1830. The molecule has 1 unspecified atom stereocenters. The zero-order chi connectivity index (χ0) is 44.8. The van der Waals surface area contributed by atoms with Crippen molar-refractivity contribution in [3.63, 3.8) is 0 Å². The number of nitrogens with zero attached hydrogens (tertiary/aromatic N) is 3. The molecule has 7 atom stereocenters. The Hall–Kier alpha value is -4.90. The van der Waals surface area contributed by atoms with E-state index >= 15 is 0 Å². The van der Waals surface area contributed by atoms with Gasteiger partial charge in [0.05, 0.1) is 17.6 Å². The molecule has 1 fully saturated rings. The van der Waals surface area contributed by atoms with E-state index in [9.17, 15) is 43.8 Å². The monoisotopic (exact) mass is 856 g/mol. The van der Waals surface area contributed by atoms with E-state index < -0.39 is 53.9 Å². The molecule has 1 saturated heterocycles. The molecule has 0 bridgehead atoms. The lowest BCUT2D eigenvalue weighted by Crippen LogP contribution is -2.58. The van der Waals surface area contributed by atoms with Gasteiger partial charge in [0.1, 0.15) is 28.3 Å². The van der Waals surface area contributed by atoms with Crippen LogP contribution in [0.2, 0.25) is 0 Å². The predicted molar refractivity (Wildman–Crippen MR) is 227 cm³/mol. The number of carbonyl (C=O) groups excluding carboxylic acids is 6. The van der Waals surface area contributed by atoms with Crippen LogP contribution in [-0.2, 0) is 39.9 Å². The van der Waals surface area contributed by atoms with Gasteiger partial charge in [0.15, 0.2) is 6.10 Å². The van der Waals surface area contributed by atoms with Crippen molar-refractivity contribution in [1.29, 1.82) is 0 Å². The lowest BCUT2D eigenvalue weighted by atomic mass is 9.92. The van der Waals surface area contributed by atoms with Crippen molar-refractivity contribution in [3.8, 4) is 5.75 Å². The second kappa shape index (κ2) is 23.2. The first-order valence-corrected chi connectivity index (χ1v) is 21.6. The van der Waals surface area contributed by atoms with Crippen LogP contribution in [0.25, 0.3) is 0 Å². The van der Waals surface area contributed by atoms with Crippen molar-refractivity contribution in [2.45, 2.75) is 137 Å². The van der Waals surface area contributed by atoms with Crippen molar-refractivity contribution in [2.75, 3.05) is 26.0 Å². The van der Waals surface area contributed by atoms with E-state index in [1.54, 1.807) is 18.0 Å². The number of aliphatic carboxylic acids is 1. The Morgan fingerprint density at radius 2 is 1.72 bits per heavy atom. The van der Waals surface area contributed by atoms with Gasteiger partial charge in [-0.25, -0.2) is 4.98 Å². The molecule has 1 aromatic heterocycles. The molecule has 5 N–H and O–H groups in total. The molecular weight excluding hydrogens is 793 g/mol. The smallest absolute Gasteiger partial charge is 0.306 e. The minimum Gasteiger partial charge on any atom is -0.506 e. The summed E-state index contributed by atoms with van der Waals surface area (Å²) in [7, 11) is 3.61. The van der Waals surface area contributed by atoms with Crippen LogP contribution in [0.1, 0.15) is 127 Å². The van der Waals surface area contributed by atoms with Crippen molar-refractivity contribution in [1.82, 2.24) is 25.4 Å². The fourth-order valence-corrected chi connectivity index (χ4v) is 8.17. The van der Waals surface area contributed by atoms with E-state index in [1.165, 1.54) is 38.3 Å². The molecule has 0 aliphatic carbocycles. The maximum absolute atomic E-state index is 14.3. The van der Waals surface area contributed by atoms with Gasteiger partial charge < -0.3 is 40.6 Å². The number of anilines is 1. The fraction of sp³-hybridized carbons (Fsp3) is 0.628. The molecule has 1 aliphatic heterocycles. The molecule has 2 heterocycles. The maximum atomic E-state index is 14.3. The summed E-state index contributed by atoms with van der Waals surface area (Å²) >= 11 is 1.11. The van der Waals surface area contributed by atoms with Gasteiger partial charge in [-0.05, 0) is 75.7 Å². The molecule has 0 saturated carbocycles. The van der Waals surface area contributed by atoms with Crippen LogP contribution in [0.5, 0.6) is 5.75 Å². The Labute approximate surface area is 357 Å². The molecule has 3 rings (SSSR count). The van der Waals surface area contributed by atoms with Gasteiger partial charge in [-0.3, -0.25) is 33.7 Å². The molecule has 60 heavy (non-hydrogen) atoms. The number of hydrogen-bond acceptors (Lipinski definition) is 12. The number of phenolic OH excluding ortho intramolecular Hbond substituents is 1. The number of likely N-dealkylation sites (N-methyl/N-ethyl adjacent to an activating group) is 2. The topological polar surface area (TPSA) is 225 Å². The minimum atomic E-state index is -1.06. The van der Waals surface area contributed by atoms with Crippen LogP contribution in [0, 0.1) is 17.8 Å². The summed E-state index contributed by atoms with van der Waals surface area (Å²) in [5.74, 6) is -4.58. The van der Waals surface area contributed by atoms with Crippen LogP contribution >= 0.6 is 11.3 Å². The first kappa shape index (κ1) is 49.5. The average Bonchev–Trinajstić information content (AvgIpc) is 3.68. The number of benzene rings is 1. The zero-order valence-electron chi connectivity index (χ0n) is 36.4. The Kier molecular flexibility index (Phi) is 19.1. The highest BCUT2D eigenvalue weighted by atomic mass is 32.1. The number of hydrogen-bond donors (Lipinski definition) is 5. The van der Waals surface area contributed by atoms with Gasteiger partial charge in [-0.2, -0.15) is 0 Å². The Morgan fingerprint density at radius 3 is 2.32 bits per heavy atom. The number of amides is 4. The molecule has 0 radical (unpaired) electrons. The summed E-state index contributed by atoms with van der Waals surface area (Å²) in [4.78, 5) is 97.7. The predicted octanol–water partition coefficient (Wildman–Crippen LogP) is 5.10. The summed E-state index contributed by atoms with van der Waals surface area (Å²) in [5.41, 5.74) is 0.709. The number of carboxylic acids is 1. The number of aromatic hydroxyl groups is 1. The molecule has 1 aliphatic rings. The van der Waals surface area contributed by atoms with Crippen molar-refractivity contribution in [2.24, 2.45) is 17.8 Å². The van der Waals surface area contributed by atoms with Gasteiger partial charge in [0.25, 0.3) is 5.91 Å². The van der Waals surface area contributed by atoms with Crippen LogP contribution in [0.4, 0.5) is 5.69 Å². The number of likely N-dealkylation sites (tertiary alicyclic amines) is 1. The summed E-state index contributed by atoms with van der Waals surface area (Å²) < 4.78 is 5.77. The second-order valence-corrected chi connectivity index (χ2v) is 17.4. The first-order valence-electron chi connectivity index (χ1n) is 20.8. The SMILES string of the molecule is CC[C@H](C)[C@H](NC(=O)[C@H]1CCCCN1C)C(=O)N(C)[C@H](C[C@@H](OC(C)=O)c1nc(C(=O)N[C@@H](Cc2ccc(O)c(NC(=O)CCC(C)=O)c2)CC(C)C(=O)O)cs1)C(C)C. The summed E-state index contributed by atoms with van der Waals surface area (Å²) in [6.07, 6.45) is 2.73. The third-order valence-corrected chi connectivity index (χ3v) is 12.1. The van der Waals surface area contributed by atoms with E-state index in [4.69, 9.17) is 4.74 Å². The third kappa shape index (κ3) is 14.7. The Balaban J connectivity index is 1.83. The van der Waals surface area contributed by atoms with E-state index in [2.05, 4.69) is 20.9 Å². The number of piperidine rings is 1. The van der Waals surface area contributed by atoms with E-state index in [0.29, 0.717) is 17.0 Å². The normalized spacial score (nSPS) is 17.3. The molecule has 2 aromatic rings. The van der Waals surface area contributed by atoms with Crippen LogP contribution in [0.3, 0.4) is 0 Å². The molecule has 16 nitrogen and oxygen atoms in total. The van der Waals surface area contributed by atoms with Gasteiger partial charge in [-0.15, -0.1) is 11.3 Å². The first-order chi connectivity index (χ1) is 28.2. The van der Waals surface area contributed by atoms with Crippen LogP contribution in [-0.4, -0.2) is 111 Å². The second-order valence-electron chi connectivity index (χ2n) is 16.5. The quantitative estimate of drug-likeness (QED) is 0.0771. The molecule has 332 valence electrons. The number of thiazole rings is 1. The molecular formula is C43H64N6O10S. The fourth-order valence-electron chi connectivity index (χ4n) is 7.34. The largest absolute Gasteiger partial charge is 0.506 e. The number of aromatic nitrogens is 1. The van der Waals surface area contributed by atoms with Gasteiger partial charge in [-0.1, -0.05) is 53.5 Å². The number of carbonyl (C=O) groups is 7. The van der Waals surface area contributed by atoms with Gasteiger partial charge >= 0.3 is 11.9 Å². The number of carboxylic acid groups (broad SMARTS) is 1. The highest BCUT2D eigenvalue weighted by molar-refractivity contribution is 7.09. The third-order valence-electron chi connectivity index (χ3n) is 11.2. The van der Waals surface area contributed by atoms with Gasteiger partial charge in [0.2, 0.25) is 17.7 Å². The highest BCUT2D eigenvalue weighted by Crippen LogP contribution is 2.32. The highest BCUT2D eigenvalue weighted by Gasteiger charge is 2.37. The van der Waals surface area contributed by atoms with E-state index in [1.807, 2.05) is 39.6 Å². The number of rotatable bonds is 22. The number of Topliss-reactive ketones (excluding diaryl/α,β-unsaturated/α-hetero) is 1. The molecule has 0 spiro atoms. The summed E-state index contributed by atoms with van der Waals surface area (Å²) in [6, 6.07) is 2.24. The van der Waals surface area contributed by atoms with Crippen molar-refractivity contribution in [3.05, 3.63) is 39.8 Å². The number of ketones is 1. The number of ether oxygens (including phenoxy) is 1. The van der Waals surface area contributed by atoms with Crippen LogP contribution in [0.15, 0.2) is 23.6 Å². The number of phenols is 1. The van der Waals surface area contributed by atoms with E-state index in [0.717, 1.165) is 37.1 Å². The lowest BCUT2D eigenvalue weighted by Gasteiger charge is -2.38. The molecule has 1 aromatic carbocycles. The average molecular weight is 857 g/mol. The molecule has 4 amide bonds. The zero-order valence-corrected chi connectivity index (χ0v) is 37.2. The maximum Gasteiger partial charge on any atom is 0.306 e. The lowest BCUT2D eigenvalue weighted by molar-refractivity contribution is -0.149. The van der Waals surface area contributed by atoms with Crippen molar-refractivity contribution >= 4 is 58.4 Å². The molecule has 17 heteroatoms. The van der Waals surface area contributed by atoms with Crippen molar-refractivity contribution < 1.29 is 48.5 Å². The van der Waals surface area contributed by atoms with Crippen LogP contribution < -0.4 is 16.0 Å². The van der Waals surface area contributed by atoms with Gasteiger partial charge in [0, 0.05) is 50.7 Å². The minimum absolute atomic E-state index is 0.0158. The summed E-state index contributed by atoms with van der Waals surface area (Å²) in [6.45, 7) is 12.8. The standard InChI is InChI=1S/C43H64N6O10S/c1-10-25(4)38(47-40(55)33-13-11-12-18-48(33)8)42(56)49(9)34(24(2)3)22-36(59-28(7)51)41-46-32(23-60-41)39(54)44-30(19-26(5)43(57)58)20-29-15-16-35(52)31(21-29)45-37(53)17-14-27(6)50/h15-16,21,23-26,30,33-34,36,38,52H,10-14,17-20,22H2,1-9H3,(H,44,54)(H,45,53)(H,47,55)(H,57,58)/t25-,26?,30+,33+,34+,36+,38-/m0/s1. The Morgan fingerprint density at radius 1 is 1.02 bits per heavy atom.